The Morgan fingerprint density at radius 1 is 0.581 bits per heavy atom. The smallest absolute Gasteiger partial charge is 0.0734 e. The van der Waals surface area contributed by atoms with Crippen LogP contribution in [0, 0.1) is 0 Å². The lowest BCUT2D eigenvalue weighted by Crippen LogP contribution is -1.89. The van der Waals surface area contributed by atoms with Crippen molar-refractivity contribution in [2.75, 3.05) is 5.73 Å². The molecule has 0 fully saturated rings. The molecule has 0 radical (unpaired) electrons. The summed E-state index contributed by atoms with van der Waals surface area (Å²) >= 11 is 26.6. The molecule has 6 heteroatoms. The van der Waals surface area contributed by atoms with Gasteiger partial charge < -0.3 is 5.73 Å². The summed E-state index contributed by atoms with van der Waals surface area (Å²) in [6, 6.07) is 30.8. The van der Waals surface area contributed by atoms with Crippen molar-refractivity contribution in [3.8, 4) is 0 Å². The molecule has 0 amide bonds. The van der Waals surface area contributed by atoms with Gasteiger partial charge in [-0.25, -0.2) is 0 Å². The molecule has 0 unspecified atom stereocenters. The summed E-state index contributed by atoms with van der Waals surface area (Å²) in [4.78, 5) is 0. The lowest BCUT2D eigenvalue weighted by atomic mass is 10.1. The van der Waals surface area contributed by atoms with Crippen LogP contribution >= 0.6 is 62.3 Å². The fourth-order valence-electron chi connectivity index (χ4n) is 2.43. The van der Waals surface area contributed by atoms with Gasteiger partial charge in [-0.2, -0.15) is 0 Å². The van der Waals surface area contributed by atoms with Crippen molar-refractivity contribution in [2.24, 2.45) is 0 Å². The summed E-state index contributed by atoms with van der Waals surface area (Å²) in [6.45, 7) is 0. The lowest BCUT2D eigenvalue weighted by molar-refractivity contribution is 1.19. The normalized spacial score (nSPS) is 9.71. The van der Waals surface area contributed by atoms with E-state index < -0.39 is 0 Å². The molecule has 0 spiro atoms. The van der Waals surface area contributed by atoms with Gasteiger partial charge in [-0.1, -0.05) is 113 Å². The van der Waals surface area contributed by atoms with Gasteiger partial charge in [0.15, 0.2) is 0 Å². The molecule has 0 saturated carbocycles. The molecule has 0 saturated heterocycles. The average Bonchev–Trinajstić information content (AvgIpc) is 2.77. The van der Waals surface area contributed by atoms with Crippen LogP contribution in [0.5, 0.6) is 0 Å². The van der Waals surface area contributed by atoms with Crippen LogP contribution in [0.3, 0.4) is 0 Å². The Bertz CT molecular complexity index is 1050. The highest BCUT2D eigenvalue weighted by Crippen LogP contribution is 2.29. The molecule has 31 heavy (non-hydrogen) atoms. The van der Waals surface area contributed by atoms with Crippen molar-refractivity contribution >= 4 is 68.0 Å². The highest BCUT2D eigenvalue weighted by Gasteiger charge is 2.04. The molecule has 1 nitrogen and oxygen atoms in total. The third kappa shape index (κ3) is 9.14. The van der Waals surface area contributed by atoms with E-state index in [-0.39, 0.29) is 0 Å². The summed E-state index contributed by atoms with van der Waals surface area (Å²) in [6.07, 6.45) is 0.820. The Labute approximate surface area is 211 Å². The molecule has 160 valence electrons. The fraction of sp³-hybridized carbons (Fsp3) is 0.0400. The summed E-state index contributed by atoms with van der Waals surface area (Å²) < 4.78 is 0.830. The second-order valence-corrected chi connectivity index (χ2v) is 8.75. The van der Waals surface area contributed by atoms with Gasteiger partial charge in [0.1, 0.15) is 0 Å². The molecule has 4 aromatic carbocycles. The maximum Gasteiger partial charge on any atom is 0.0734 e. The quantitative estimate of drug-likeness (QED) is 0.193. The monoisotopic (exact) mass is 553 g/mol. The van der Waals surface area contributed by atoms with E-state index in [9.17, 15) is 0 Å². The van der Waals surface area contributed by atoms with E-state index in [1.54, 1.807) is 12.1 Å². The minimum absolute atomic E-state index is 0.569. The van der Waals surface area contributed by atoms with E-state index in [0.717, 1.165) is 22.1 Å². The second-order valence-electron chi connectivity index (χ2n) is 6.32. The van der Waals surface area contributed by atoms with Crippen molar-refractivity contribution in [1.82, 2.24) is 0 Å². The SMILES string of the molecule is Clc1cccc(Br)c1Cl.Clc1cccc(Cc2ccccc2)c1Cl.Nc1ccccc1. The molecule has 2 N–H and O–H groups in total. The highest BCUT2D eigenvalue weighted by molar-refractivity contribution is 9.10. The highest BCUT2D eigenvalue weighted by atomic mass is 79.9. The Hall–Kier alpha value is -1.68. The minimum Gasteiger partial charge on any atom is -0.399 e. The second kappa shape index (κ2) is 13.7. The summed E-state index contributed by atoms with van der Waals surface area (Å²) in [5.74, 6) is 0. The zero-order chi connectivity index (χ0) is 22.6. The number of rotatable bonds is 2. The van der Waals surface area contributed by atoms with Crippen LogP contribution in [0.1, 0.15) is 11.1 Å². The zero-order valence-corrected chi connectivity index (χ0v) is 21.0. The zero-order valence-electron chi connectivity index (χ0n) is 16.4. The molecule has 0 atom stereocenters. The van der Waals surface area contributed by atoms with Gasteiger partial charge >= 0.3 is 0 Å². The van der Waals surface area contributed by atoms with Crippen molar-refractivity contribution in [2.45, 2.75) is 6.42 Å². The first-order chi connectivity index (χ1) is 14.9. The average molecular weight is 556 g/mol. The summed E-state index contributed by atoms with van der Waals surface area (Å²) in [7, 11) is 0. The predicted molar refractivity (Wildman–Crippen MR) is 141 cm³/mol. The van der Waals surface area contributed by atoms with E-state index >= 15 is 0 Å². The molecule has 0 bridgehead atoms. The van der Waals surface area contributed by atoms with Crippen molar-refractivity contribution in [3.63, 3.8) is 0 Å². The van der Waals surface area contributed by atoms with Gasteiger partial charge in [0.2, 0.25) is 0 Å². The molecular weight excluding hydrogens is 536 g/mol. The van der Waals surface area contributed by atoms with Crippen molar-refractivity contribution in [3.05, 3.63) is 133 Å². The molecule has 0 aliphatic rings. The van der Waals surface area contributed by atoms with Crippen LogP contribution in [0.25, 0.3) is 0 Å². The van der Waals surface area contributed by atoms with Crippen LogP contribution in [0.2, 0.25) is 20.1 Å². The minimum atomic E-state index is 0.569. The van der Waals surface area contributed by atoms with E-state index in [1.165, 1.54) is 5.56 Å². The first kappa shape index (κ1) is 25.6. The van der Waals surface area contributed by atoms with Crippen LogP contribution in [0.4, 0.5) is 5.69 Å². The van der Waals surface area contributed by atoms with Gasteiger partial charge in [-0.3, -0.25) is 0 Å². The molecule has 4 rings (SSSR count). The third-order valence-electron chi connectivity index (χ3n) is 3.97. The Morgan fingerprint density at radius 2 is 1.10 bits per heavy atom. The number of halogens is 5. The van der Waals surface area contributed by atoms with Gasteiger partial charge in [0.05, 0.1) is 20.1 Å². The van der Waals surface area contributed by atoms with Crippen LogP contribution in [0.15, 0.2) is 102 Å². The van der Waals surface area contributed by atoms with Crippen LogP contribution < -0.4 is 5.73 Å². The number of para-hydroxylation sites is 1. The van der Waals surface area contributed by atoms with E-state index in [2.05, 4.69) is 28.1 Å². The summed E-state index contributed by atoms with van der Waals surface area (Å²) in [5, 5.41) is 2.42. The number of benzene rings is 4. The number of hydrogen-bond acceptors (Lipinski definition) is 1. The first-order valence-electron chi connectivity index (χ1n) is 9.25. The van der Waals surface area contributed by atoms with E-state index in [1.807, 2.05) is 72.8 Å². The van der Waals surface area contributed by atoms with Gasteiger partial charge in [0.25, 0.3) is 0 Å². The van der Waals surface area contributed by atoms with E-state index in [4.69, 9.17) is 52.1 Å². The van der Waals surface area contributed by atoms with Crippen molar-refractivity contribution < 1.29 is 0 Å². The Balaban J connectivity index is 0.000000181. The third-order valence-corrected chi connectivity index (χ3v) is 6.54. The molecular formula is C25H20BrCl4N. The Morgan fingerprint density at radius 3 is 1.58 bits per heavy atom. The van der Waals surface area contributed by atoms with Gasteiger partial charge in [-0.15, -0.1) is 0 Å². The standard InChI is InChI=1S/C13H10Cl2.C6H3BrCl2.C6H7N/c14-12-8-4-7-11(13(12)15)9-10-5-2-1-3-6-10;7-4-2-1-3-5(8)6(4)9;7-6-4-2-1-3-5-6/h1-8H,9H2;1-3H;1-5H,7H2. The molecule has 0 aromatic heterocycles. The maximum atomic E-state index is 6.11. The number of nitrogen functional groups attached to an aromatic ring is 1. The lowest BCUT2D eigenvalue weighted by Gasteiger charge is -2.05. The molecule has 0 heterocycles. The fourth-order valence-corrected chi connectivity index (χ4v) is 3.60. The molecule has 0 aliphatic heterocycles. The summed E-state index contributed by atoms with van der Waals surface area (Å²) in [5.41, 5.74) is 8.48. The maximum absolute atomic E-state index is 6.11. The van der Waals surface area contributed by atoms with Crippen LogP contribution in [-0.2, 0) is 6.42 Å². The predicted octanol–water partition coefficient (Wildman–Crippen LogP) is 9.61. The van der Waals surface area contributed by atoms with E-state index in [0.29, 0.717) is 20.1 Å². The largest absolute Gasteiger partial charge is 0.399 e. The first-order valence-corrected chi connectivity index (χ1v) is 11.6. The van der Waals surface area contributed by atoms with Crippen molar-refractivity contribution in [1.29, 1.82) is 0 Å². The molecule has 0 aliphatic carbocycles. The van der Waals surface area contributed by atoms with Crippen LogP contribution in [-0.4, -0.2) is 0 Å². The Kier molecular flexibility index (Phi) is 11.3. The number of anilines is 1. The van der Waals surface area contributed by atoms with Gasteiger partial charge in [0, 0.05) is 10.2 Å². The number of hydrogen-bond donors (Lipinski definition) is 1. The topological polar surface area (TPSA) is 26.0 Å². The molecule has 4 aromatic rings. The number of nitrogens with two attached hydrogens (primary N) is 1. The van der Waals surface area contributed by atoms with Gasteiger partial charge in [-0.05, 0) is 63.8 Å².